The zero-order valence-electron chi connectivity index (χ0n) is 9.05. The van der Waals surface area contributed by atoms with Crippen molar-refractivity contribution in [3.8, 4) is 0 Å². The number of allylic oxidation sites excluding steroid dienone is 4. The third kappa shape index (κ3) is 4.45. The maximum Gasteiger partial charge on any atom is 0.255 e. The molecule has 0 bridgehead atoms. The first-order chi connectivity index (χ1) is 6.49. The van der Waals surface area contributed by atoms with Gasteiger partial charge in [0.15, 0.2) is 0 Å². The Morgan fingerprint density at radius 3 is 2.21 bits per heavy atom. The largest absolute Gasteiger partial charge is 0.327 e. The summed E-state index contributed by atoms with van der Waals surface area (Å²) in [7, 11) is 0. The van der Waals surface area contributed by atoms with Gasteiger partial charge in [-0.3, -0.25) is 4.79 Å². The predicted octanol–water partition coefficient (Wildman–Crippen LogP) is 2.71. The number of rotatable bonds is 4. The first-order valence-corrected chi connectivity index (χ1v) is 4.44. The van der Waals surface area contributed by atoms with Crippen LogP contribution in [-0.2, 0) is 4.79 Å². The minimum atomic E-state index is -0.164. The summed E-state index contributed by atoms with van der Waals surface area (Å²) in [6, 6.07) is 0. The molecule has 0 aromatic rings. The molecule has 14 heavy (non-hydrogen) atoms. The van der Waals surface area contributed by atoms with E-state index in [0.717, 1.165) is 5.57 Å². The van der Waals surface area contributed by atoms with Crippen LogP contribution in [0, 0.1) is 0 Å². The number of nitrogens with one attached hydrogen (secondary N) is 1. The van der Waals surface area contributed by atoms with Gasteiger partial charge in [-0.1, -0.05) is 25.3 Å². The first-order valence-electron chi connectivity index (χ1n) is 4.44. The minimum absolute atomic E-state index is 0.164. The fourth-order valence-electron chi connectivity index (χ4n) is 0.865. The van der Waals surface area contributed by atoms with E-state index in [1.807, 2.05) is 19.1 Å². The van der Waals surface area contributed by atoms with Gasteiger partial charge >= 0.3 is 0 Å². The lowest BCUT2D eigenvalue weighted by Gasteiger charge is -2.06. The molecular weight excluding hydrogens is 174 g/mol. The van der Waals surface area contributed by atoms with E-state index in [2.05, 4.69) is 18.5 Å². The van der Waals surface area contributed by atoms with Crippen molar-refractivity contribution in [3.63, 3.8) is 0 Å². The summed E-state index contributed by atoms with van der Waals surface area (Å²) in [6.45, 7) is 12.8. The number of hydrogen-bond acceptors (Lipinski definition) is 1. The summed E-state index contributed by atoms with van der Waals surface area (Å²) in [6.07, 6.45) is 5.40. The SMILES string of the molecule is C=C(C)NC(=O)/C(=C/C=C\C)C(=C)C. The minimum Gasteiger partial charge on any atom is -0.327 e. The van der Waals surface area contributed by atoms with E-state index in [1.165, 1.54) is 0 Å². The van der Waals surface area contributed by atoms with E-state index >= 15 is 0 Å². The molecule has 0 aromatic carbocycles. The molecule has 1 amide bonds. The van der Waals surface area contributed by atoms with E-state index in [4.69, 9.17) is 0 Å². The normalized spacial score (nSPS) is 11.5. The fraction of sp³-hybridized carbons (Fsp3) is 0.250. The van der Waals surface area contributed by atoms with E-state index in [1.54, 1.807) is 19.9 Å². The second-order valence-electron chi connectivity index (χ2n) is 3.12. The molecule has 0 rings (SSSR count). The Labute approximate surface area is 85.7 Å². The number of hydrogen-bond donors (Lipinski definition) is 1. The van der Waals surface area contributed by atoms with Gasteiger partial charge in [0.05, 0.1) is 0 Å². The predicted molar refractivity (Wildman–Crippen MR) is 60.7 cm³/mol. The quantitative estimate of drug-likeness (QED) is 0.537. The summed E-state index contributed by atoms with van der Waals surface area (Å²) in [4.78, 5) is 11.6. The highest BCUT2D eigenvalue weighted by atomic mass is 16.1. The van der Waals surface area contributed by atoms with Gasteiger partial charge in [-0.25, -0.2) is 0 Å². The Morgan fingerprint density at radius 2 is 1.86 bits per heavy atom. The number of carbonyl (C=O) groups excluding carboxylic acids is 1. The third-order valence-corrected chi connectivity index (χ3v) is 1.49. The molecular formula is C12H17NO. The van der Waals surface area contributed by atoms with Gasteiger partial charge in [-0.2, -0.15) is 0 Å². The summed E-state index contributed by atoms with van der Waals surface area (Å²) >= 11 is 0. The lowest BCUT2D eigenvalue weighted by Crippen LogP contribution is -2.22. The van der Waals surface area contributed by atoms with Crippen molar-refractivity contribution in [1.29, 1.82) is 0 Å². The first kappa shape index (κ1) is 12.4. The Hall–Kier alpha value is -1.57. The van der Waals surface area contributed by atoms with Crippen molar-refractivity contribution in [2.24, 2.45) is 0 Å². The average molecular weight is 191 g/mol. The molecule has 0 unspecified atom stereocenters. The van der Waals surface area contributed by atoms with Crippen LogP contribution in [0.3, 0.4) is 0 Å². The second kappa shape index (κ2) is 5.97. The second-order valence-corrected chi connectivity index (χ2v) is 3.12. The highest BCUT2D eigenvalue weighted by Crippen LogP contribution is 2.07. The van der Waals surface area contributed by atoms with Gasteiger partial charge in [-0.15, -0.1) is 0 Å². The Morgan fingerprint density at radius 1 is 1.29 bits per heavy atom. The molecule has 2 nitrogen and oxygen atoms in total. The van der Waals surface area contributed by atoms with E-state index in [0.29, 0.717) is 11.3 Å². The molecule has 0 saturated heterocycles. The van der Waals surface area contributed by atoms with Crippen molar-refractivity contribution in [1.82, 2.24) is 5.32 Å². The van der Waals surface area contributed by atoms with Crippen LogP contribution in [0.25, 0.3) is 0 Å². The van der Waals surface area contributed by atoms with Crippen molar-refractivity contribution >= 4 is 5.91 Å². The van der Waals surface area contributed by atoms with E-state index in [9.17, 15) is 4.79 Å². The molecule has 0 heterocycles. The van der Waals surface area contributed by atoms with E-state index in [-0.39, 0.29) is 5.91 Å². The van der Waals surface area contributed by atoms with Gasteiger partial charge in [0.25, 0.3) is 5.91 Å². The summed E-state index contributed by atoms with van der Waals surface area (Å²) in [5.74, 6) is -0.164. The molecule has 0 aliphatic carbocycles. The Bertz CT molecular complexity index is 308. The zero-order valence-corrected chi connectivity index (χ0v) is 9.05. The number of carbonyl (C=O) groups is 1. The van der Waals surface area contributed by atoms with Gasteiger partial charge in [0.2, 0.25) is 0 Å². The molecule has 0 spiro atoms. The van der Waals surface area contributed by atoms with Crippen molar-refractivity contribution < 1.29 is 4.79 Å². The van der Waals surface area contributed by atoms with Crippen LogP contribution in [0.1, 0.15) is 20.8 Å². The van der Waals surface area contributed by atoms with Crippen LogP contribution in [-0.4, -0.2) is 5.91 Å². The van der Waals surface area contributed by atoms with Crippen molar-refractivity contribution in [2.75, 3.05) is 0 Å². The molecule has 0 aromatic heterocycles. The molecule has 0 saturated carbocycles. The Kier molecular flexibility index (Phi) is 5.30. The van der Waals surface area contributed by atoms with Crippen molar-refractivity contribution in [2.45, 2.75) is 20.8 Å². The third-order valence-electron chi connectivity index (χ3n) is 1.49. The van der Waals surface area contributed by atoms with E-state index < -0.39 is 0 Å². The van der Waals surface area contributed by atoms with Crippen LogP contribution in [0.5, 0.6) is 0 Å². The lowest BCUT2D eigenvalue weighted by atomic mass is 10.1. The molecule has 0 fully saturated rings. The van der Waals surface area contributed by atoms with Crippen molar-refractivity contribution in [3.05, 3.63) is 48.2 Å². The van der Waals surface area contributed by atoms with Crippen LogP contribution < -0.4 is 5.32 Å². The molecule has 0 atom stereocenters. The van der Waals surface area contributed by atoms with Gasteiger partial charge in [0, 0.05) is 11.3 Å². The highest BCUT2D eigenvalue weighted by Gasteiger charge is 2.08. The topological polar surface area (TPSA) is 29.1 Å². The summed E-state index contributed by atoms with van der Waals surface area (Å²) in [5.41, 5.74) is 1.94. The van der Waals surface area contributed by atoms with Gasteiger partial charge in [0.1, 0.15) is 0 Å². The Balaban J connectivity index is 4.75. The number of amides is 1. The van der Waals surface area contributed by atoms with Crippen LogP contribution in [0.2, 0.25) is 0 Å². The molecule has 76 valence electrons. The van der Waals surface area contributed by atoms with Crippen LogP contribution in [0.4, 0.5) is 0 Å². The lowest BCUT2D eigenvalue weighted by molar-refractivity contribution is -0.116. The maximum absolute atomic E-state index is 11.6. The zero-order chi connectivity index (χ0) is 11.1. The molecule has 0 aliphatic heterocycles. The summed E-state index contributed by atoms with van der Waals surface area (Å²) < 4.78 is 0. The molecule has 2 heteroatoms. The van der Waals surface area contributed by atoms with Gasteiger partial charge in [-0.05, 0) is 32.4 Å². The highest BCUT2D eigenvalue weighted by molar-refractivity contribution is 5.98. The van der Waals surface area contributed by atoms with Crippen LogP contribution in [0.15, 0.2) is 48.2 Å². The molecule has 0 radical (unpaired) electrons. The molecule has 0 aliphatic rings. The monoisotopic (exact) mass is 191 g/mol. The fourth-order valence-corrected chi connectivity index (χ4v) is 0.865. The smallest absolute Gasteiger partial charge is 0.255 e. The molecule has 1 N–H and O–H groups in total. The maximum atomic E-state index is 11.6. The van der Waals surface area contributed by atoms with Crippen LogP contribution >= 0.6 is 0 Å². The average Bonchev–Trinajstić information content (AvgIpc) is 2.02. The van der Waals surface area contributed by atoms with Gasteiger partial charge < -0.3 is 5.32 Å². The standard InChI is InChI=1S/C12H17NO/c1-6-7-8-11(9(2)3)12(14)13-10(4)5/h6-8H,2,4H2,1,3,5H3,(H,13,14)/b7-6-,11-8+. The summed E-state index contributed by atoms with van der Waals surface area (Å²) in [5, 5.41) is 2.64.